The summed E-state index contributed by atoms with van der Waals surface area (Å²) in [6, 6.07) is 0. The van der Waals surface area contributed by atoms with E-state index >= 15 is 0 Å². The SMILES string of the molecule is CC(C)C(C(=O)[O-])(C(=O)[O-])C(C)C.[Na+].[Na+]. The third kappa shape index (κ3) is 4.02. The average Bonchev–Trinajstić information content (AvgIpc) is 1.82. The number of carbonyl (C=O) groups is 2. The maximum atomic E-state index is 10.8. The second kappa shape index (κ2) is 8.09. The van der Waals surface area contributed by atoms with E-state index in [1.807, 2.05) is 0 Å². The summed E-state index contributed by atoms with van der Waals surface area (Å²) in [4.78, 5) is 21.6. The molecule has 4 nitrogen and oxygen atoms in total. The summed E-state index contributed by atoms with van der Waals surface area (Å²) >= 11 is 0. The molecular weight excluding hydrogens is 218 g/mol. The summed E-state index contributed by atoms with van der Waals surface area (Å²) in [7, 11) is 0. The van der Waals surface area contributed by atoms with Crippen LogP contribution in [0.4, 0.5) is 0 Å². The molecule has 0 spiro atoms. The van der Waals surface area contributed by atoms with Gasteiger partial charge in [-0.05, 0) is 11.8 Å². The smallest absolute Gasteiger partial charge is 0.549 e. The van der Waals surface area contributed by atoms with E-state index in [1.165, 1.54) is 27.7 Å². The second-order valence-corrected chi connectivity index (χ2v) is 3.75. The van der Waals surface area contributed by atoms with E-state index in [9.17, 15) is 19.8 Å². The zero-order chi connectivity index (χ0) is 10.8. The topological polar surface area (TPSA) is 80.3 Å². The second-order valence-electron chi connectivity index (χ2n) is 3.75. The Labute approximate surface area is 134 Å². The standard InChI is InChI=1S/C9H16O4.2Na/c1-5(2)9(6(3)4,7(10)11)8(12)13;;/h5-6H,1-4H3,(H,10,11)(H,12,13);;/q;2*+1/p-2. The monoisotopic (exact) mass is 232 g/mol. The minimum Gasteiger partial charge on any atom is -0.549 e. The summed E-state index contributed by atoms with van der Waals surface area (Å²) in [6.07, 6.45) is 0. The molecule has 0 aliphatic carbocycles. The van der Waals surface area contributed by atoms with Crippen LogP contribution in [-0.2, 0) is 9.59 Å². The Kier molecular flexibility index (Phi) is 11.5. The van der Waals surface area contributed by atoms with Gasteiger partial charge in [0, 0.05) is 0 Å². The number of hydrogen-bond acceptors (Lipinski definition) is 4. The van der Waals surface area contributed by atoms with Crippen LogP contribution in [0.2, 0.25) is 0 Å². The van der Waals surface area contributed by atoms with Gasteiger partial charge in [0.25, 0.3) is 0 Å². The molecule has 0 aromatic carbocycles. The molecule has 0 saturated carbocycles. The van der Waals surface area contributed by atoms with Crippen LogP contribution in [0.25, 0.3) is 0 Å². The molecule has 0 unspecified atom stereocenters. The van der Waals surface area contributed by atoms with Crippen LogP contribution in [-0.4, -0.2) is 11.9 Å². The van der Waals surface area contributed by atoms with Crippen LogP contribution in [0.5, 0.6) is 0 Å². The first-order chi connectivity index (χ1) is 5.77. The average molecular weight is 232 g/mol. The first kappa shape index (κ1) is 21.2. The van der Waals surface area contributed by atoms with Crippen molar-refractivity contribution < 1.29 is 78.9 Å². The van der Waals surface area contributed by atoms with Gasteiger partial charge in [-0.2, -0.15) is 0 Å². The number of rotatable bonds is 4. The zero-order valence-corrected chi connectivity index (χ0v) is 14.3. The molecule has 0 bridgehead atoms. The maximum Gasteiger partial charge on any atom is 1.00 e. The van der Waals surface area contributed by atoms with Crippen molar-refractivity contribution in [3.05, 3.63) is 0 Å². The fourth-order valence-corrected chi connectivity index (χ4v) is 1.69. The molecule has 0 radical (unpaired) electrons. The van der Waals surface area contributed by atoms with Crippen molar-refractivity contribution in [3.8, 4) is 0 Å². The molecule has 0 N–H and O–H groups in total. The summed E-state index contributed by atoms with van der Waals surface area (Å²) in [6.45, 7) is 6.13. The van der Waals surface area contributed by atoms with Gasteiger partial charge in [0.15, 0.2) is 0 Å². The fraction of sp³-hybridized carbons (Fsp3) is 0.778. The molecule has 0 amide bonds. The minimum atomic E-state index is -1.89. The summed E-state index contributed by atoms with van der Waals surface area (Å²) in [5.41, 5.74) is -1.89. The number of aliphatic carboxylic acids is 2. The molecule has 76 valence electrons. The Morgan fingerprint density at radius 3 is 1.07 bits per heavy atom. The van der Waals surface area contributed by atoms with Gasteiger partial charge in [0.1, 0.15) is 0 Å². The van der Waals surface area contributed by atoms with Crippen molar-refractivity contribution in [2.75, 3.05) is 0 Å². The molecule has 0 aromatic heterocycles. The summed E-state index contributed by atoms with van der Waals surface area (Å²) in [5.74, 6) is -4.25. The first-order valence-corrected chi connectivity index (χ1v) is 4.20. The zero-order valence-electron chi connectivity index (χ0n) is 10.3. The first-order valence-electron chi connectivity index (χ1n) is 4.20. The van der Waals surface area contributed by atoms with E-state index in [0.29, 0.717) is 0 Å². The number of carboxylic acids is 2. The van der Waals surface area contributed by atoms with E-state index in [4.69, 9.17) is 0 Å². The van der Waals surface area contributed by atoms with E-state index in [1.54, 1.807) is 0 Å². The molecule has 0 aliphatic rings. The number of carboxylic acid groups (broad SMARTS) is 2. The predicted octanol–water partition coefficient (Wildman–Crippen LogP) is -7.21. The molecular formula is C9H14Na2O4. The molecule has 0 rings (SSSR count). The van der Waals surface area contributed by atoms with E-state index in [0.717, 1.165) is 0 Å². The van der Waals surface area contributed by atoms with Crippen LogP contribution in [0.15, 0.2) is 0 Å². The van der Waals surface area contributed by atoms with Gasteiger partial charge < -0.3 is 19.8 Å². The van der Waals surface area contributed by atoms with Crippen LogP contribution < -0.4 is 69.3 Å². The molecule has 0 aromatic rings. The van der Waals surface area contributed by atoms with Crippen molar-refractivity contribution in [2.24, 2.45) is 17.3 Å². The predicted molar refractivity (Wildman–Crippen MR) is 42.1 cm³/mol. The molecule has 6 heteroatoms. The normalized spacial score (nSPS) is 10.5. The quantitative estimate of drug-likeness (QED) is 0.356. The van der Waals surface area contributed by atoms with E-state index < -0.39 is 29.2 Å². The third-order valence-corrected chi connectivity index (χ3v) is 2.50. The third-order valence-electron chi connectivity index (χ3n) is 2.50. The molecule has 0 heterocycles. The van der Waals surface area contributed by atoms with E-state index in [-0.39, 0.29) is 59.1 Å². The Morgan fingerprint density at radius 1 is 0.867 bits per heavy atom. The van der Waals surface area contributed by atoms with Gasteiger partial charge in [-0.25, -0.2) is 0 Å². The van der Waals surface area contributed by atoms with Crippen molar-refractivity contribution in [3.63, 3.8) is 0 Å². The molecule has 0 aliphatic heterocycles. The molecule has 0 atom stereocenters. The maximum absolute atomic E-state index is 10.8. The summed E-state index contributed by atoms with van der Waals surface area (Å²) < 4.78 is 0. The molecule has 0 saturated heterocycles. The van der Waals surface area contributed by atoms with Gasteiger partial charge in [-0.3, -0.25) is 0 Å². The van der Waals surface area contributed by atoms with Gasteiger partial charge in [0.2, 0.25) is 0 Å². The number of carbonyl (C=O) groups excluding carboxylic acids is 2. The van der Waals surface area contributed by atoms with Crippen molar-refractivity contribution in [2.45, 2.75) is 27.7 Å². The molecule has 15 heavy (non-hydrogen) atoms. The Bertz CT molecular complexity index is 202. The van der Waals surface area contributed by atoms with E-state index in [2.05, 4.69) is 0 Å². The van der Waals surface area contributed by atoms with Crippen molar-refractivity contribution in [1.29, 1.82) is 0 Å². The van der Waals surface area contributed by atoms with Gasteiger partial charge in [0.05, 0.1) is 17.4 Å². The van der Waals surface area contributed by atoms with Crippen molar-refractivity contribution in [1.82, 2.24) is 0 Å². The summed E-state index contributed by atoms with van der Waals surface area (Å²) in [5, 5.41) is 21.6. The fourth-order valence-electron chi connectivity index (χ4n) is 1.69. The largest absolute Gasteiger partial charge is 1.00 e. The van der Waals surface area contributed by atoms with Gasteiger partial charge in [-0.1, -0.05) is 27.7 Å². The molecule has 0 fully saturated rings. The van der Waals surface area contributed by atoms with Crippen LogP contribution in [0.3, 0.4) is 0 Å². The Hall–Kier alpha value is 0.940. The van der Waals surface area contributed by atoms with Gasteiger partial charge in [-0.15, -0.1) is 0 Å². The van der Waals surface area contributed by atoms with Crippen LogP contribution >= 0.6 is 0 Å². The Morgan fingerprint density at radius 2 is 1.07 bits per heavy atom. The number of hydrogen-bond donors (Lipinski definition) is 0. The van der Waals surface area contributed by atoms with Gasteiger partial charge >= 0.3 is 59.1 Å². The van der Waals surface area contributed by atoms with Crippen LogP contribution in [0.1, 0.15) is 27.7 Å². The minimum absolute atomic E-state index is 0. The van der Waals surface area contributed by atoms with Crippen molar-refractivity contribution >= 4 is 11.9 Å². The Balaban J connectivity index is -0.000000720. The van der Waals surface area contributed by atoms with Crippen LogP contribution in [0, 0.1) is 17.3 Å².